The van der Waals surface area contributed by atoms with Crippen LogP contribution in [0.5, 0.6) is 5.75 Å². The first-order valence-electron chi connectivity index (χ1n) is 9.63. The molecule has 2 N–H and O–H groups in total. The number of aliphatic hydroxyl groups excluding tert-OH is 1. The summed E-state index contributed by atoms with van der Waals surface area (Å²) in [6.45, 7) is 0.934. The number of rotatable bonds is 9. The van der Waals surface area contributed by atoms with Crippen molar-refractivity contribution < 1.29 is 18.3 Å². The molecule has 0 saturated heterocycles. The van der Waals surface area contributed by atoms with Gasteiger partial charge >= 0.3 is 0 Å². The number of halogens is 2. The number of hydrogen-bond acceptors (Lipinski definition) is 5. The van der Waals surface area contributed by atoms with Gasteiger partial charge in [0, 0.05) is 16.6 Å². The summed E-state index contributed by atoms with van der Waals surface area (Å²) in [5.74, 6) is 0.584. The molecule has 0 aromatic heterocycles. The van der Waals surface area contributed by atoms with E-state index in [1.165, 1.54) is 25.3 Å². The van der Waals surface area contributed by atoms with Gasteiger partial charge in [-0.3, -0.25) is 0 Å². The monoisotopic (exact) mass is 479 g/mol. The molecule has 0 unspecified atom stereocenters. The van der Waals surface area contributed by atoms with Crippen LogP contribution in [-0.4, -0.2) is 33.7 Å². The van der Waals surface area contributed by atoms with E-state index < -0.39 is 15.9 Å². The molecule has 0 heterocycles. The van der Waals surface area contributed by atoms with Crippen LogP contribution in [0.1, 0.15) is 17.2 Å². The number of nitrogens with one attached hydrogen (secondary N) is 1. The fourth-order valence-corrected chi connectivity index (χ4v) is 4.91. The van der Waals surface area contributed by atoms with Gasteiger partial charge in [0.05, 0.1) is 23.0 Å². The number of aliphatic hydroxyl groups is 1. The topological polar surface area (TPSA) is 75.6 Å². The molecule has 0 aliphatic rings. The molecular weight excluding hydrogens is 457 g/mol. The second-order valence-corrected chi connectivity index (χ2v) is 9.75. The Kier molecular flexibility index (Phi) is 7.97. The fraction of sp³-hybridized carbons (Fsp3) is 0.217. The highest BCUT2D eigenvalue weighted by molar-refractivity contribution is 7.91. The number of hydrogen-bond donors (Lipinski definition) is 2. The van der Waals surface area contributed by atoms with Crippen molar-refractivity contribution in [3.05, 3.63) is 87.9 Å². The maximum Gasteiger partial charge on any atom is 0.206 e. The number of benzene rings is 3. The lowest BCUT2D eigenvalue weighted by Gasteiger charge is -2.13. The number of sulfone groups is 1. The maximum atomic E-state index is 12.8. The van der Waals surface area contributed by atoms with Crippen molar-refractivity contribution in [3.8, 4) is 5.75 Å². The summed E-state index contributed by atoms with van der Waals surface area (Å²) in [7, 11) is -2.15. The van der Waals surface area contributed by atoms with E-state index in [2.05, 4.69) is 5.32 Å². The van der Waals surface area contributed by atoms with Gasteiger partial charge in [-0.2, -0.15) is 0 Å². The van der Waals surface area contributed by atoms with Crippen molar-refractivity contribution in [2.45, 2.75) is 22.3 Å². The second-order valence-electron chi connectivity index (χ2n) is 6.96. The summed E-state index contributed by atoms with van der Waals surface area (Å²) in [6.07, 6.45) is -0.0876. The highest BCUT2D eigenvalue weighted by Gasteiger charge is 2.19. The van der Waals surface area contributed by atoms with Gasteiger partial charge in [0.25, 0.3) is 0 Å². The average Bonchev–Trinajstić information content (AvgIpc) is 2.77. The molecule has 3 aromatic rings. The van der Waals surface area contributed by atoms with Gasteiger partial charge in [0.15, 0.2) is 0 Å². The molecule has 1 atom stereocenters. The third-order valence-corrected chi connectivity index (χ3v) is 7.20. The molecule has 3 aromatic carbocycles. The van der Waals surface area contributed by atoms with Crippen LogP contribution in [0.2, 0.25) is 10.0 Å². The van der Waals surface area contributed by atoms with Crippen molar-refractivity contribution in [3.63, 3.8) is 0 Å². The van der Waals surface area contributed by atoms with Crippen LogP contribution in [-0.2, 0) is 16.3 Å². The van der Waals surface area contributed by atoms with Crippen LogP contribution < -0.4 is 10.1 Å². The maximum absolute atomic E-state index is 12.8. The smallest absolute Gasteiger partial charge is 0.206 e. The van der Waals surface area contributed by atoms with E-state index in [-0.39, 0.29) is 9.79 Å². The molecule has 0 aliphatic heterocycles. The van der Waals surface area contributed by atoms with Crippen molar-refractivity contribution in [2.24, 2.45) is 0 Å². The Bertz CT molecular complexity index is 1130. The summed E-state index contributed by atoms with van der Waals surface area (Å²) in [4.78, 5) is 0.310. The van der Waals surface area contributed by atoms with E-state index in [1.807, 2.05) is 6.07 Å². The van der Waals surface area contributed by atoms with E-state index >= 15 is 0 Å². The third kappa shape index (κ3) is 5.99. The lowest BCUT2D eigenvalue weighted by atomic mass is 10.1. The summed E-state index contributed by atoms with van der Waals surface area (Å²) in [5, 5.41) is 14.4. The van der Waals surface area contributed by atoms with Gasteiger partial charge in [-0.15, -0.1) is 0 Å². The first kappa shape index (κ1) is 23.6. The van der Waals surface area contributed by atoms with Gasteiger partial charge in [0.2, 0.25) is 9.84 Å². The first-order chi connectivity index (χ1) is 14.8. The molecule has 3 rings (SSSR count). The van der Waals surface area contributed by atoms with Crippen molar-refractivity contribution in [1.82, 2.24) is 5.32 Å². The molecule has 0 radical (unpaired) electrons. The van der Waals surface area contributed by atoms with Crippen molar-refractivity contribution >= 4 is 33.0 Å². The summed E-state index contributed by atoms with van der Waals surface area (Å²) < 4.78 is 30.8. The highest BCUT2D eigenvalue weighted by Crippen LogP contribution is 2.27. The zero-order valence-corrected chi connectivity index (χ0v) is 19.2. The molecule has 0 aliphatic carbocycles. The molecule has 164 valence electrons. The zero-order valence-electron chi connectivity index (χ0n) is 16.9. The molecule has 8 heteroatoms. The van der Waals surface area contributed by atoms with Gasteiger partial charge < -0.3 is 15.2 Å². The Balaban J connectivity index is 1.60. The number of ether oxygens (including phenoxy) is 1. The van der Waals surface area contributed by atoms with E-state index in [0.717, 1.165) is 11.1 Å². The molecular formula is C23H23Cl2NO4S. The minimum atomic E-state index is -3.67. The normalized spacial score (nSPS) is 12.5. The van der Waals surface area contributed by atoms with E-state index in [9.17, 15) is 13.5 Å². The van der Waals surface area contributed by atoms with Crippen molar-refractivity contribution in [1.29, 1.82) is 0 Å². The van der Waals surface area contributed by atoms with Gasteiger partial charge in [-0.25, -0.2) is 8.42 Å². The predicted molar refractivity (Wildman–Crippen MR) is 123 cm³/mol. The second kappa shape index (κ2) is 10.5. The Hall–Kier alpha value is -2.09. The molecule has 5 nitrogen and oxygen atoms in total. The standard InChI is InChI=1S/C23H23Cl2NO4S/c1-30-19-6-9-20(10-7-19)31(28,29)21-8-5-16(22(25)14-21)11-12-26-15-23(27)17-3-2-4-18(24)13-17/h2-10,13-14,23,26-27H,11-12,15H2,1H3/t23-/m0/s1. The van der Waals surface area contributed by atoms with Crippen LogP contribution in [0.15, 0.2) is 76.5 Å². The van der Waals surface area contributed by atoms with Crippen LogP contribution in [0.3, 0.4) is 0 Å². The lowest BCUT2D eigenvalue weighted by molar-refractivity contribution is 0.175. The highest BCUT2D eigenvalue weighted by atomic mass is 35.5. The van der Waals surface area contributed by atoms with E-state index in [0.29, 0.717) is 35.3 Å². The average molecular weight is 480 g/mol. The quantitative estimate of drug-likeness (QED) is 0.435. The van der Waals surface area contributed by atoms with Crippen LogP contribution >= 0.6 is 23.2 Å². The van der Waals surface area contributed by atoms with Crippen molar-refractivity contribution in [2.75, 3.05) is 20.2 Å². The lowest BCUT2D eigenvalue weighted by Crippen LogP contribution is -2.23. The number of methoxy groups -OCH3 is 1. The first-order valence-corrected chi connectivity index (χ1v) is 11.9. The summed E-state index contributed by atoms with van der Waals surface area (Å²) >= 11 is 12.3. The molecule has 0 amide bonds. The predicted octanol–water partition coefficient (Wildman–Crippen LogP) is 4.70. The van der Waals surface area contributed by atoms with E-state index in [1.54, 1.807) is 42.5 Å². The van der Waals surface area contributed by atoms with Gasteiger partial charge in [-0.05, 0) is 72.6 Å². The zero-order chi connectivity index (χ0) is 22.4. The fourth-order valence-electron chi connectivity index (χ4n) is 3.08. The molecule has 31 heavy (non-hydrogen) atoms. The molecule has 0 spiro atoms. The largest absolute Gasteiger partial charge is 0.497 e. The van der Waals surface area contributed by atoms with Crippen LogP contribution in [0.4, 0.5) is 0 Å². The van der Waals surface area contributed by atoms with Crippen LogP contribution in [0.25, 0.3) is 0 Å². The minimum absolute atomic E-state index is 0.135. The Labute approximate surface area is 192 Å². The molecule has 0 bridgehead atoms. The molecule has 0 fully saturated rings. The summed E-state index contributed by atoms with van der Waals surface area (Å²) in [6, 6.07) is 18.1. The Morgan fingerprint density at radius 2 is 1.71 bits per heavy atom. The molecule has 0 saturated carbocycles. The third-order valence-electron chi connectivity index (χ3n) is 4.85. The van der Waals surface area contributed by atoms with E-state index in [4.69, 9.17) is 27.9 Å². The Morgan fingerprint density at radius 3 is 2.35 bits per heavy atom. The van der Waals surface area contributed by atoms with Gasteiger partial charge in [0.1, 0.15) is 5.75 Å². The van der Waals surface area contributed by atoms with Gasteiger partial charge in [-0.1, -0.05) is 41.4 Å². The summed E-state index contributed by atoms with van der Waals surface area (Å²) in [5.41, 5.74) is 1.56. The Morgan fingerprint density at radius 1 is 1.00 bits per heavy atom. The SMILES string of the molecule is COc1ccc(S(=O)(=O)c2ccc(CCNC[C@H](O)c3cccc(Cl)c3)c(Cl)c2)cc1. The minimum Gasteiger partial charge on any atom is -0.497 e. The van der Waals surface area contributed by atoms with Crippen LogP contribution in [0, 0.1) is 0 Å².